The first kappa shape index (κ1) is 27.3. The fourth-order valence-corrected chi connectivity index (χ4v) is 4.84. The van der Waals surface area contributed by atoms with Crippen molar-refractivity contribution in [3.8, 4) is 0 Å². The van der Waals surface area contributed by atoms with Crippen LogP contribution in [0.15, 0.2) is 72.9 Å². The van der Waals surface area contributed by atoms with Gasteiger partial charge in [0.05, 0.1) is 0 Å². The highest BCUT2D eigenvalue weighted by Gasteiger charge is 2.34. The lowest BCUT2D eigenvalue weighted by molar-refractivity contribution is -0.127. The molecule has 3 amide bonds. The van der Waals surface area contributed by atoms with Crippen LogP contribution in [0.3, 0.4) is 0 Å². The number of carbonyl (C=O) groups is 3. The summed E-state index contributed by atoms with van der Waals surface area (Å²) in [5, 5.41) is 6.47. The molecule has 38 heavy (non-hydrogen) atoms. The molecule has 1 atom stereocenters. The highest BCUT2D eigenvalue weighted by molar-refractivity contribution is 6.30. The third kappa shape index (κ3) is 7.42. The number of amides is 3. The predicted molar refractivity (Wildman–Crippen MR) is 150 cm³/mol. The van der Waals surface area contributed by atoms with Gasteiger partial charge in [0.2, 0.25) is 17.7 Å². The van der Waals surface area contributed by atoms with Crippen molar-refractivity contribution in [3.05, 3.63) is 89.1 Å². The molecule has 1 aliphatic carbocycles. The van der Waals surface area contributed by atoms with Gasteiger partial charge in [0, 0.05) is 35.8 Å². The molecule has 0 aliphatic heterocycles. The number of hydrogen-bond acceptors (Lipinski definition) is 4. The van der Waals surface area contributed by atoms with E-state index in [1.807, 2.05) is 31.2 Å². The number of nitrogens with one attached hydrogen (secondary N) is 2. The van der Waals surface area contributed by atoms with E-state index in [0.717, 1.165) is 31.2 Å². The van der Waals surface area contributed by atoms with Gasteiger partial charge in [0.1, 0.15) is 11.9 Å². The Morgan fingerprint density at radius 2 is 1.68 bits per heavy atom. The maximum atomic E-state index is 13.8. The van der Waals surface area contributed by atoms with Crippen molar-refractivity contribution in [2.24, 2.45) is 0 Å². The number of carbonyl (C=O) groups excluding carboxylic acids is 3. The first-order valence-electron chi connectivity index (χ1n) is 13.1. The van der Waals surface area contributed by atoms with Gasteiger partial charge in [-0.05, 0) is 68.1 Å². The monoisotopic (exact) mass is 532 g/mol. The first-order valence-corrected chi connectivity index (χ1v) is 13.4. The van der Waals surface area contributed by atoms with Crippen LogP contribution in [0.2, 0.25) is 5.02 Å². The molecule has 1 fully saturated rings. The predicted octanol–water partition coefficient (Wildman–Crippen LogP) is 5.99. The molecule has 4 rings (SSSR count). The highest BCUT2D eigenvalue weighted by atomic mass is 35.5. The summed E-state index contributed by atoms with van der Waals surface area (Å²) in [7, 11) is 0. The van der Waals surface area contributed by atoms with E-state index in [1.54, 1.807) is 53.6 Å². The lowest BCUT2D eigenvalue weighted by Gasteiger charge is -2.32. The molecule has 3 aromatic rings. The van der Waals surface area contributed by atoms with Crippen LogP contribution in [0.1, 0.15) is 62.1 Å². The summed E-state index contributed by atoms with van der Waals surface area (Å²) in [6.45, 7) is 1.97. The van der Waals surface area contributed by atoms with E-state index < -0.39 is 6.04 Å². The summed E-state index contributed by atoms with van der Waals surface area (Å²) >= 11 is 6.14. The summed E-state index contributed by atoms with van der Waals surface area (Å²) in [5.74, 6) is -0.204. The van der Waals surface area contributed by atoms with E-state index in [4.69, 9.17) is 11.6 Å². The number of halogens is 1. The topological polar surface area (TPSA) is 91.4 Å². The average molecular weight is 533 g/mol. The molecule has 2 aromatic carbocycles. The van der Waals surface area contributed by atoms with Gasteiger partial charge in [-0.3, -0.25) is 19.3 Å². The van der Waals surface area contributed by atoms with E-state index in [2.05, 4.69) is 15.6 Å². The quantitative estimate of drug-likeness (QED) is 0.336. The zero-order chi connectivity index (χ0) is 26.9. The Labute approximate surface area is 228 Å². The van der Waals surface area contributed by atoms with Gasteiger partial charge >= 0.3 is 0 Å². The Kier molecular flexibility index (Phi) is 9.49. The van der Waals surface area contributed by atoms with Crippen LogP contribution >= 0.6 is 11.6 Å². The lowest BCUT2D eigenvalue weighted by atomic mass is 10.0. The molecule has 198 valence electrons. The van der Waals surface area contributed by atoms with E-state index >= 15 is 0 Å². The summed E-state index contributed by atoms with van der Waals surface area (Å²) < 4.78 is 0. The Morgan fingerprint density at radius 3 is 2.34 bits per heavy atom. The third-order valence-electron chi connectivity index (χ3n) is 6.70. The molecule has 1 saturated carbocycles. The third-order valence-corrected chi connectivity index (χ3v) is 6.95. The van der Waals surface area contributed by atoms with Gasteiger partial charge in [-0.25, -0.2) is 4.98 Å². The Morgan fingerprint density at radius 1 is 0.974 bits per heavy atom. The Balaban J connectivity index is 1.56. The SMILES string of the molecule is Cc1ccc(N(C(=O)CCCC(=O)Nc2ccccn2)C(C(=O)NC2CCCC2)c2ccc(Cl)cc2)cc1. The smallest absolute Gasteiger partial charge is 0.248 e. The second-order valence-electron chi connectivity index (χ2n) is 9.66. The largest absolute Gasteiger partial charge is 0.351 e. The number of benzene rings is 2. The molecular weight excluding hydrogens is 500 g/mol. The first-order chi connectivity index (χ1) is 18.4. The van der Waals surface area contributed by atoms with E-state index in [0.29, 0.717) is 28.5 Å². The molecular formula is C30H33ClN4O3. The Hall–Kier alpha value is -3.71. The number of hydrogen-bond donors (Lipinski definition) is 2. The summed E-state index contributed by atoms with van der Waals surface area (Å²) in [5.41, 5.74) is 2.34. The lowest BCUT2D eigenvalue weighted by Crippen LogP contribution is -2.46. The van der Waals surface area contributed by atoms with Gasteiger partial charge in [-0.15, -0.1) is 0 Å². The minimum atomic E-state index is -0.870. The van der Waals surface area contributed by atoms with Gasteiger partial charge in [-0.2, -0.15) is 0 Å². The second kappa shape index (κ2) is 13.2. The van der Waals surface area contributed by atoms with Gasteiger partial charge < -0.3 is 10.6 Å². The molecule has 2 N–H and O–H groups in total. The summed E-state index contributed by atoms with van der Waals surface area (Å²) in [6.07, 6.45) is 6.22. The summed E-state index contributed by atoms with van der Waals surface area (Å²) in [4.78, 5) is 45.6. The molecule has 0 saturated heterocycles. The van der Waals surface area contributed by atoms with Crippen LogP contribution in [0.4, 0.5) is 11.5 Å². The molecule has 1 unspecified atom stereocenters. The van der Waals surface area contributed by atoms with Crippen LogP contribution in [0.25, 0.3) is 0 Å². The van der Waals surface area contributed by atoms with Gasteiger partial charge in [0.25, 0.3) is 0 Å². The number of nitrogens with zero attached hydrogens (tertiary/aromatic N) is 2. The van der Waals surface area contributed by atoms with Crippen LogP contribution in [-0.2, 0) is 14.4 Å². The van der Waals surface area contributed by atoms with Crippen LogP contribution in [0, 0.1) is 6.92 Å². The maximum Gasteiger partial charge on any atom is 0.248 e. The van der Waals surface area contributed by atoms with Crippen molar-refractivity contribution in [2.45, 2.75) is 64.0 Å². The number of aromatic nitrogens is 1. The number of rotatable bonds is 10. The highest BCUT2D eigenvalue weighted by Crippen LogP contribution is 2.31. The zero-order valence-corrected chi connectivity index (χ0v) is 22.3. The van der Waals surface area contributed by atoms with Crippen molar-refractivity contribution >= 4 is 40.8 Å². The molecule has 1 heterocycles. The van der Waals surface area contributed by atoms with Gasteiger partial charge in [-0.1, -0.05) is 60.3 Å². The number of aryl methyl sites for hydroxylation is 1. The van der Waals surface area contributed by atoms with Crippen molar-refractivity contribution < 1.29 is 14.4 Å². The molecule has 7 nitrogen and oxygen atoms in total. The zero-order valence-electron chi connectivity index (χ0n) is 21.5. The minimum Gasteiger partial charge on any atom is -0.351 e. The van der Waals surface area contributed by atoms with Crippen molar-refractivity contribution in [3.63, 3.8) is 0 Å². The van der Waals surface area contributed by atoms with Gasteiger partial charge in [0.15, 0.2) is 0 Å². The average Bonchev–Trinajstić information content (AvgIpc) is 3.42. The molecule has 0 bridgehead atoms. The molecule has 0 spiro atoms. The molecule has 0 radical (unpaired) electrons. The fraction of sp³-hybridized carbons (Fsp3) is 0.333. The van der Waals surface area contributed by atoms with Crippen LogP contribution in [0.5, 0.6) is 0 Å². The molecule has 1 aliphatic rings. The van der Waals surface area contributed by atoms with Crippen LogP contribution in [-0.4, -0.2) is 28.7 Å². The number of pyridine rings is 1. The normalized spacial score (nSPS) is 14.1. The number of anilines is 2. The van der Waals surface area contributed by atoms with Crippen molar-refractivity contribution in [1.29, 1.82) is 0 Å². The van der Waals surface area contributed by atoms with E-state index in [-0.39, 0.29) is 36.6 Å². The summed E-state index contributed by atoms with van der Waals surface area (Å²) in [6, 6.07) is 19.1. The van der Waals surface area contributed by atoms with E-state index in [9.17, 15) is 14.4 Å². The van der Waals surface area contributed by atoms with Crippen LogP contribution < -0.4 is 15.5 Å². The van der Waals surface area contributed by atoms with Crippen molar-refractivity contribution in [2.75, 3.05) is 10.2 Å². The van der Waals surface area contributed by atoms with Crippen molar-refractivity contribution in [1.82, 2.24) is 10.3 Å². The molecule has 8 heteroatoms. The minimum absolute atomic E-state index is 0.0996. The van der Waals surface area contributed by atoms with E-state index in [1.165, 1.54) is 0 Å². The fourth-order valence-electron chi connectivity index (χ4n) is 4.72. The standard InChI is InChI=1S/C30H33ClN4O3/c1-21-12-18-25(19-13-21)35(28(37)11-6-10-27(36)34-26-9-4-5-20-32-26)29(22-14-16-23(31)17-15-22)30(38)33-24-7-2-3-8-24/h4-5,9,12-20,24,29H,2-3,6-8,10-11H2,1H3,(H,33,38)(H,32,34,36). The Bertz CT molecular complexity index is 1230. The maximum absolute atomic E-state index is 13.8. The molecule has 1 aromatic heterocycles. The second-order valence-corrected chi connectivity index (χ2v) is 10.1.